The quantitative estimate of drug-likeness (QED) is 0.559. The van der Waals surface area contributed by atoms with Gasteiger partial charge in [0.2, 0.25) is 5.10 Å². The smallest absolute Gasteiger partial charge is 0.320 e. The van der Waals surface area contributed by atoms with Crippen molar-refractivity contribution in [2.75, 3.05) is 5.75 Å². The van der Waals surface area contributed by atoms with Gasteiger partial charge in [-0.3, -0.25) is 4.79 Å². The van der Waals surface area contributed by atoms with Crippen LogP contribution in [0.3, 0.4) is 0 Å². The molecule has 0 aliphatic carbocycles. The van der Waals surface area contributed by atoms with Crippen LogP contribution in [0.1, 0.15) is 0 Å². The van der Waals surface area contributed by atoms with E-state index in [0.717, 1.165) is 0 Å². The summed E-state index contributed by atoms with van der Waals surface area (Å²) in [5.41, 5.74) is 5.75. The van der Waals surface area contributed by atoms with Crippen LogP contribution in [0.25, 0.3) is 0 Å². The van der Waals surface area contributed by atoms with Crippen LogP contribution in [0.15, 0.2) is 17.3 Å². The predicted molar refractivity (Wildman–Crippen MR) is 51.6 cm³/mol. The van der Waals surface area contributed by atoms with Crippen LogP contribution < -0.4 is 10.8 Å². The van der Waals surface area contributed by atoms with Crippen molar-refractivity contribution in [1.29, 1.82) is 0 Å². The van der Waals surface area contributed by atoms with Crippen LogP contribution in [0, 0.1) is 0 Å². The number of thiol groups is 1. The van der Waals surface area contributed by atoms with Gasteiger partial charge in [0.15, 0.2) is 0 Å². The van der Waals surface area contributed by atoms with E-state index >= 15 is 0 Å². The lowest BCUT2D eigenvalue weighted by atomic mass is 10.1. The highest BCUT2D eigenvalue weighted by Gasteiger charge is 2.26. The molecule has 2 N–H and O–H groups in total. The molecule has 0 aromatic rings. The second-order valence-corrected chi connectivity index (χ2v) is 2.63. The van der Waals surface area contributed by atoms with Gasteiger partial charge in [-0.2, -0.15) is 12.6 Å². The Kier molecular flexibility index (Phi) is 3.19. The first-order chi connectivity index (χ1) is 5.75. The van der Waals surface area contributed by atoms with Crippen molar-refractivity contribution in [3.63, 3.8) is 0 Å². The summed E-state index contributed by atoms with van der Waals surface area (Å²) in [6, 6.07) is -0.593. The number of ketones is 1. The van der Waals surface area contributed by atoms with E-state index in [9.17, 15) is 4.79 Å². The second kappa shape index (κ2) is 4.18. The topological polar surface area (TPSA) is 69.6 Å². The van der Waals surface area contributed by atoms with E-state index in [-0.39, 0.29) is 5.78 Å². The molecule has 0 aromatic heterocycles. The van der Waals surface area contributed by atoms with Crippen LogP contribution in [0.4, 0.5) is 0 Å². The Morgan fingerprint density at radius 2 is 2.58 bits per heavy atom. The zero-order valence-electron chi connectivity index (χ0n) is 6.34. The van der Waals surface area contributed by atoms with Crippen molar-refractivity contribution in [2.24, 2.45) is 10.8 Å². The van der Waals surface area contributed by atoms with Gasteiger partial charge in [0.1, 0.15) is 6.21 Å². The maximum Gasteiger partial charge on any atom is 0.356 e. The Balaban J connectivity index is 2.71. The van der Waals surface area contributed by atoms with E-state index in [2.05, 4.69) is 22.8 Å². The Bertz CT molecular complexity index is 270. The van der Waals surface area contributed by atoms with Crippen molar-refractivity contribution in [3.8, 4) is 0 Å². The van der Waals surface area contributed by atoms with Crippen molar-refractivity contribution < 1.29 is 4.79 Å². The molecule has 1 aliphatic heterocycles. The van der Waals surface area contributed by atoms with Gasteiger partial charge in [0.25, 0.3) is 5.78 Å². The number of nitrogens with two attached hydrogens (primary N) is 1. The predicted octanol–water partition coefficient (Wildman–Crippen LogP) is -0.855. The summed E-state index contributed by atoms with van der Waals surface area (Å²) in [5.74, 6) is 0.0909. The lowest BCUT2D eigenvalue weighted by Crippen LogP contribution is -2.38. The van der Waals surface area contributed by atoms with E-state index < -0.39 is 6.04 Å². The first-order valence-corrected chi connectivity index (χ1v) is 4.07. The van der Waals surface area contributed by atoms with Gasteiger partial charge in [-0.1, -0.05) is 0 Å². The molecular formula is C7H9N3OS+. The molecule has 0 spiro atoms. The fraction of sp³-hybridized carbons (Fsp3) is 0.286. The highest BCUT2D eigenvalue weighted by Crippen LogP contribution is 1.91. The molecule has 0 saturated carbocycles. The summed E-state index contributed by atoms with van der Waals surface area (Å²) in [4.78, 5) is 11.3. The first-order valence-electron chi connectivity index (χ1n) is 3.44. The van der Waals surface area contributed by atoms with Gasteiger partial charge in [-0.15, -0.1) is 0 Å². The Hall–Kier alpha value is -0.940. The molecule has 0 aromatic carbocycles. The van der Waals surface area contributed by atoms with Crippen molar-refractivity contribution in [1.82, 2.24) is 5.10 Å². The Morgan fingerprint density at radius 3 is 3.08 bits per heavy atom. The number of carbonyl (C=O) groups is 1. The Morgan fingerprint density at radius 1 is 1.83 bits per heavy atom. The average Bonchev–Trinajstić information content (AvgIpc) is 2.17. The van der Waals surface area contributed by atoms with E-state index in [0.29, 0.717) is 11.5 Å². The molecule has 1 heterocycles. The van der Waals surface area contributed by atoms with Gasteiger partial charge in [-0.05, 0) is 6.08 Å². The number of nitrogens with zero attached hydrogens (tertiary/aromatic N) is 2. The van der Waals surface area contributed by atoms with Crippen molar-refractivity contribution >= 4 is 30.3 Å². The normalized spacial score (nSPS) is 17.3. The summed E-state index contributed by atoms with van der Waals surface area (Å²) >= 11 is 3.91. The van der Waals surface area contributed by atoms with Crippen molar-refractivity contribution in [3.05, 3.63) is 12.2 Å². The largest absolute Gasteiger partial charge is 0.356 e. The maximum atomic E-state index is 11.3. The number of hydrogen-bond donors (Lipinski definition) is 2. The summed E-state index contributed by atoms with van der Waals surface area (Å²) in [6.07, 6.45) is 4.73. The van der Waals surface area contributed by atoms with Gasteiger partial charge >= 0.3 is 5.71 Å². The molecule has 1 rings (SSSR count). The highest BCUT2D eigenvalue weighted by atomic mass is 32.1. The molecule has 4 nitrogen and oxygen atoms in total. The SMILES string of the molecule is N[C@@H](CS)C(=O)C1=[N+]N=CC=C1. The zero-order valence-corrected chi connectivity index (χ0v) is 7.24. The average molecular weight is 183 g/mol. The van der Waals surface area contributed by atoms with Crippen LogP contribution in [-0.2, 0) is 4.79 Å². The van der Waals surface area contributed by atoms with E-state index in [1.807, 2.05) is 0 Å². The molecule has 1 radical (unpaired) electrons. The highest BCUT2D eigenvalue weighted by molar-refractivity contribution is 7.80. The van der Waals surface area contributed by atoms with Crippen LogP contribution in [0.5, 0.6) is 0 Å². The number of Topliss-reactive ketones (excluding diaryl/α,β-unsaturated/α-hetero) is 1. The van der Waals surface area contributed by atoms with Crippen molar-refractivity contribution in [2.45, 2.75) is 6.04 Å². The van der Waals surface area contributed by atoms with E-state index in [1.54, 1.807) is 12.2 Å². The molecule has 0 fully saturated rings. The summed E-state index contributed by atoms with van der Waals surface area (Å²) < 4.78 is 0. The minimum Gasteiger partial charge on any atom is -0.320 e. The number of rotatable bonds is 3. The fourth-order valence-corrected chi connectivity index (χ4v) is 0.872. The van der Waals surface area contributed by atoms with Crippen LogP contribution in [0.2, 0.25) is 0 Å². The molecule has 0 amide bonds. The molecule has 0 saturated heterocycles. The van der Waals surface area contributed by atoms with E-state index in [1.165, 1.54) is 6.21 Å². The monoisotopic (exact) mass is 183 g/mol. The van der Waals surface area contributed by atoms with Gasteiger partial charge in [0.05, 0.1) is 11.1 Å². The lowest BCUT2D eigenvalue weighted by molar-refractivity contribution is -0.113. The minimum atomic E-state index is -0.593. The summed E-state index contributed by atoms with van der Waals surface area (Å²) in [6.45, 7) is 0. The molecule has 1 atom stereocenters. The van der Waals surface area contributed by atoms with Gasteiger partial charge in [0, 0.05) is 11.8 Å². The third kappa shape index (κ3) is 2.02. The fourth-order valence-electron chi connectivity index (χ4n) is 0.706. The Labute approximate surface area is 75.7 Å². The van der Waals surface area contributed by atoms with Crippen LogP contribution >= 0.6 is 12.6 Å². The van der Waals surface area contributed by atoms with Gasteiger partial charge in [-0.25, -0.2) is 0 Å². The summed E-state index contributed by atoms with van der Waals surface area (Å²) in [5, 5.41) is 7.21. The second-order valence-electron chi connectivity index (χ2n) is 2.26. The lowest BCUT2D eigenvalue weighted by Gasteiger charge is -2.00. The standard InChI is InChI=1S/C7H9N3OS/c8-5(4-12)7(11)6-2-1-3-9-10-6/h1-3,5,12H,4,8H2/q+1/t5-/m0/s1. The number of hydrogen-bond acceptors (Lipinski definition) is 5. The number of allylic oxidation sites excluding steroid dienone is 2. The molecule has 1 aliphatic rings. The van der Waals surface area contributed by atoms with Gasteiger partial charge < -0.3 is 5.73 Å². The molecule has 5 heteroatoms. The molecule has 0 bridgehead atoms. The molecule has 12 heavy (non-hydrogen) atoms. The third-order valence-electron chi connectivity index (χ3n) is 1.36. The minimum absolute atomic E-state index is 0.224. The van der Waals surface area contributed by atoms with E-state index in [4.69, 9.17) is 5.73 Å². The molecule has 0 unspecified atom stereocenters. The van der Waals surface area contributed by atoms with Crippen LogP contribution in [-0.4, -0.2) is 29.5 Å². The first kappa shape index (κ1) is 9.15. The maximum absolute atomic E-state index is 11.3. The zero-order chi connectivity index (χ0) is 8.97. The number of carbonyl (C=O) groups excluding carboxylic acids is 1. The molecular weight excluding hydrogens is 174 g/mol. The summed E-state index contributed by atoms with van der Waals surface area (Å²) in [7, 11) is 0. The third-order valence-corrected chi connectivity index (χ3v) is 1.75. The molecule has 63 valence electrons.